The topological polar surface area (TPSA) is 38.1 Å². The lowest BCUT2D eigenvalue weighted by atomic mass is 10.0. The van der Waals surface area contributed by atoms with Crippen molar-refractivity contribution in [2.75, 3.05) is 0 Å². The van der Waals surface area contributed by atoms with E-state index in [2.05, 4.69) is 31.2 Å². The second-order valence-corrected chi connectivity index (χ2v) is 4.24. The van der Waals surface area contributed by atoms with Gasteiger partial charge in [0.05, 0.1) is 5.69 Å². The van der Waals surface area contributed by atoms with Crippen LogP contribution in [0.1, 0.15) is 39.3 Å². The Kier molecular flexibility index (Phi) is 4.66. The van der Waals surface area contributed by atoms with E-state index in [-0.39, 0.29) is 0 Å². The van der Waals surface area contributed by atoms with Gasteiger partial charge in [-0.2, -0.15) is 0 Å². The van der Waals surface area contributed by atoms with E-state index in [0.29, 0.717) is 6.04 Å². The molecule has 0 bridgehead atoms. The van der Waals surface area contributed by atoms with Gasteiger partial charge in [0.1, 0.15) is 6.26 Å². The quantitative estimate of drug-likeness (QED) is 0.760. The molecular weight excluding hydrogens is 176 g/mol. The number of nitrogens with one attached hydrogen (secondary N) is 1. The molecule has 0 saturated heterocycles. The first kappa shape index (κ1) is 11.2. The summed E-state index contributed by atoms with van der Waals surface area (Å²) in [6, 6.07) is 2.44. The molecule has 1 unspecified atom stereocenters. The molecule has 1 rings (SSSR count). The Morgan fingerprint density at radius 1 is 1.36 bits per heavy atom. The van der Waals surface area contributed by atoms with Crippen LogP contribution in [0.15, 0.2) is 16.9 Å². The average Bonchev–Trinajstić information content (AvgIpc) is 2.63. The normalized spacial score (nSPS) is 13.4. The van der Waals surface area contributed by atoms with Crippen LogP contribution in [-0.2, 0) is 6.54 Å². The lowest BCUT2D eigenvalue weighted by molar-refractivity contribution is 0.400. The summed E-state index contributed by atoms with van der Waals surface area (Å²) < 4.78 is 4.75. The van der Waals surface area contributed by atoms with Gasteiger partial charge in [-0.3, -0.25) is 0 Å². The van der Waals surface area contributed by atoms with Gasteiger partial charge >= 0.3 is 0 Å². The molecule has 80 valence electrons. The second-order valence-electron chi connectivity index (χ2n) is 4.24. The van der Waals surface area contributed by atoms with Gasteiger partial charge in [0.15, 0.2) is 0 Å². The molecule has 0 aliphatic heterocycles. The smallest absolute Gasteiger partial charge is 0.124 e. The fourth-order valence-corrected chi connectivity index (χ4v) is 1.29. The molecule has 0 radical (unpaired) electrons. The largest absolute Gasteiger partial charge is 0.364 e. The Morgan fingerprint density at radius 3 is 2.71 bits per heavy atom. The van der Waals surface area contributed by atoms with Crippen LogP contribution in [-0.4, -0.2) is 11.2 Å². The first-order valence-corrected chi connectivity index (χ1v) is 5.31. The Bertz CT molecular complexity index is 231. The Labute approximate surface area is 85.9 Å². The number of hydrogen-bond donors (Lipinski definition) is 1. The molecule has 3 heteroatoms. The van der Waals surface area contributed by atoms with Crippen molar-refractivity contribution in [1.82, 2.24) is 10.5 Å². The highest BCUT2D eigenvalue weighted by Gasteiger charge is 2.04. The van der Waals surface area contributed by atoms with Crippen molar-refractivity contribution in [3.8, 4) is 0 Å². The Hall–Kier alpha value is -0.830. The van der Waals surface area contributed by atoms with Gasteiger partial charge in [0.2, 0.25) is 0 Å². The molecule has 0 amide bonds. The minimum absolute atomic E-state index is 0.550. The summed E-state index contributed by atoms with van der Waals surface area (Å²) >= 11 is 0. The summed E-state index contributed by atoms with van der Waals surface area (Å²) in [6.07, 6.45) is 4.10. The summed E-state index contributed by atoms with van der Waals surface area (Å²) in [7, 11) is 0. The summed E-state index contributed by atoms with van der Waals surface area (Å²) in [6.45, 7) is 7.52. The molecule has 1 heterocycles. The van der Waals surface area contributed by atoms with Crippen molar-refractivity contribution in [1.29, 1.82) is 0 Å². The van der Waals surface area contributed by atoms with Crippen LogP contribution in [0.2, 0.25) is 0 Å². The molecular formula is C11H20N2O. The molecule has 1 atom stereocenters. The molecule has 1 aromatic heterocycles. The summed E-state index contributed by atoms with van der Waals surface area (Å²) in [5, 5.41) is 7.26. The van der Waals surface area contributed by atoms with E-state index in [1.165, 1.54) is 12.8 Å². The van der Waals surface area contributed by atoms with Crippen molar-refractivity contribution in [3.63, 3.8) is 0 Å². The van der Waals surface area contributed by atoms with Crippen LogP contribution in [0.3, 0.4) is 0 Å². The lowest BCUT2D eigenvalue weighted by Crippen LogP contribution is -2.25. The number of rotatable bonds is 6. The minimum Gasteiger partial charge on any atom is -0.364 e. The number of nitrogens with zero attached hydrogens (tertiary/aromatic N) is 1. The van der Waals surface area contributed by atoms with Gasteiger partial charge in [-0.15, -0.1) is 0 Å². The van der Waals surface area contributed by atoms with E-state index in [1.807, 2.05) is 6.07 Å². The van der Waals surface area contributed by atoms with E-state index in [9.17, 15) is 0 Å². The highest BCUT2D eigenvalue weighted by molar-refractivity contribution is 4.94. The monoisotopic (exact) mass is 196 g/mol. The van der Waals surface area contributed by atoms with Crippen molar-refractivity contribution in [2.45, 2.75) is 46.2 Å². The maximum atomic E-state index is 4.75. The molecule has 0 fully saturated rings. The van der Waals surface area contributed by atoms with Crippen LogP contribution in [0.25, 0.3) is 0 Å². The minimum atomic E-state index is 0.550. The molecule has 14 heavy (non-hydrogen) atoms. The summed E-state index contributed by atoms with van der Waals surface area (Å²) in [5.41, 5.74) is 0.974. The fraction of sp³-hybridized carbons (Fsp3) is 0.727. The van der Waals surface area contributed by atoms with Gasteiger partial charge in [-0.25, -0.2) is 0 Å². The van der Waals surface area contributed by atoms with Crippen LogP contribution >= 0.6 is 0 Å². The van der Waals surface area contributed by atoms with E-state index >= 15 is 0 Å². The highest BCUT2D eigenvalue weighted by Crippen LogP contribution is 2.06. The van der Waals surface area contributed by atoms with E-state index < -0.39 is 0 Å². The fourth-order valence-electron chi connectivity index (χ4n) is 1.29. The van der Waals surface area contributed by atoms with Gasteiger partial charge in [-0.1, -0.05) is 19.0 Å². The Morgan fingerprint density at radius 2 is 2.14 bits per heavy atom. The van der Waals surface area contributed by atoms with Crippen LogP contribution in [0.4, 0.5) is 0 Å². The lowest BCUT2D eigenvalue weighted by Gasteiger charge is -2.13. The van der Waals surface area contributed by atoms with Crippen molar-refractivity contribution >= 4 is 0 Å². The van der Waals surface area contributed by atoms with Crippen molar-refractivity contribution in [3.05, 3.63) is 18.0 Å². The van der Waals surface area contributed by atoms with E-state index in [0.717, 1.165) is 18.2 Å². The molecule has 0 aliphatic carbocycles. The predicted molar refractivity (Wildman–Crippen MR) is 56.9 cm³/mol. The summed E-state index contributed by atoms with van der Waals surface area (Å²) in [4.78, 5) is 0. The van der Waals surface area contributed by atoms with E-state index in [1.54, 1.807) is 6.26 Å². The maximum Gasteiger partial charge on any atom is 0.124 e. The van der Waals surface area contributed by atoms with Crippen molar-refractivity contribution < 1.29 is 4.52 Å². The molecule has 1 aromatic rings. The second kappa shape index (κ2) is 5.81. The predicted octanol–water partition coefficient (Wildman–Crippen LogP) is 2.59. The standard InChI is InChI=1S/C11H20N2O/c1-9(2)4-5-10(3)12-8-11-6-7-14-13-11/h6-7,9-10,12H,4-5,8H2,1-3H3. The zero-order valence-corrected chi connectivity index (χ0v) is 9.29. The zero-order chi connectivity index (χ0) is 10.4. The van der Waals surface area contributed by atoms with E-state index in [4.69, 9.17) is 4.52 Å². The number of aromatic nitrogens is 1. The van der Waals surface area contributed by atoms with Gasteiger partial charge in [0, 0.05) is 18.7 Å². The van der Waals surface area contributed by atoms with Crippen molar-refractivity contribution in [2.24, 2.45) is 5.92 Å². The third-order valence-electron chi connectivity index (χ3n) is 2.30. The van der Waals surface area contributed by atoms with Crippen LogP contribution in [0.5, 0.6) is 0 Å². The van der Waals surface area contributed by atoms with Crippen LogP contribution < -0.4 is 5.32 Å². The molecule has 0 aliphatic rings. The highest BCUT2D eigenvalue weighted by atomic mass is 16.5. The molecule has 0 aromatic carbocycles. The van der Waals surface area contributed by atoms with Gasteiger partial charge < -0.3 is 9.84 Å². The zero-order valence-electron chi connectivity index (χ0n) is 9.29. The van der Waals surface area contributed by atoms with Crippen LogP contribution in [0, 0.1) is 5.92 Å². The third-order valence-corrected chi connectivity index (χ3v) is 2.30. The first-order chi connectivity index (χ1) is 6.68. The van der Waals surface area contributed by atoms with Gasteiger partial charge in [-0.05, 0) is 25.7 Å². The summed E-state index contributed by atoms with van der Waals surface area (Å²) in [5.74, 6) is 0.784. The molecule has 3 nitrogen and oxygen atoms in total. The molecule has 1 N–H and O–H groups in total. The van der Waals surface area contributed by atoms with Gasteiger partial charge in [0.25, 0.3) is 0 Å². The average molecular weight is 196 g/mol. The maximum absolute atomic E-state index is 4.75. The Balaban J connectivity index is 2.12. The molecule has 0 spiro atoms. The SMILES string of the molecule is CC(C)CCC(C)NCc1ccon1. The first-order valence-electron chi connectivity index (χ1n) is 5.31. The number of hydrogen-bond acceptors (Lipinski definition) is 3. The molecule has 0 saturated carbocycles. The third kappa shape index (κ3) is 4.42.